The van der Waals surface area contributed by atoms with Crippen molar-refractivity contribution in [1.29, 1.82) is 0 Å². The minimum absolute atomic E-state index is 0.187. The van der Waals surface area contributed by atoms with Crippen molar-refractivity contribution in [2.24, 2.45) is 17.3 Å². The summed E-state index contributed by atoms with van der Waals surface area (Å²) in [5.41, 5.74) is 4.11. The predicted molar refractivity (Wildman–Crippen MR) is 117 cm³/mol. The molecule has 0 unspecified atom stereocenters. The lowest BCUT2D eigenvalue weighted by molar-refractivity contribution is -0.118. The molecule has 0 saturated heterocycles. The summed E-state index contributed by atoms with van der Waals surface area (Å²) in [7, 11) is 0. The maximum Gasteiger partial charge on any atom is 0.137 e. The number of hydrogen-bond acceptors (Lipinski definition) is 3. The van der Waals surface area contributed by atoms with E-state index in [0.717, 1.165) is 32.1 Å². The summed E-state index contributed by atoms with van der Waals surface area (Å²) in [6.45, 7) is 4.06. The Labute approximate surface area is 178 Å². The molecule has 5 atom stereocenters. The molecule has 3 heteroatoms. The molecular formula is C27H30O3. The van der Waals surface area contributed by atoms with Crippen molar-refractivity contribution in [1.82, 2.24) is 0 Å². The zero-order valence-corrected chi connectivity index (χ0v) is 17.9. The smallest absolute Gasteiger partial charge is 0.137 e. The SMILES string of the molecule is CC#C[C@]1(O)CC[C@H]2[C@@H]3CC=C4CC(=O)CCC4=C3[C@@H](c3ccc(O)cc3)C[C@@]21C. The normalized spacial score (nSPS) is 37.5. The van der Waals surface area contributed by atoms with E-state index >= 15 is 0 Å². The summed E-state index contributed by atoms with van der Waals surface area (Å²) in [5, 5.41) is 21.5. The molecule has 0 spiro atoms. The molecule has 0 aromatic heterocycles. The quantitative estimate of drug-likeness (QED) is 0.647. The lowest BCUT2D eigenvalue weighted by Crippen LogP contribution is -2.50. The number of phenols is 1. The second kappa shape index (κ2) is 6.86. The van der Waals surface area contributed by atoms with Crippen LogP contribution < -0.4 is 0 Å². The predicted octanol–water partition coefficient (Wildman–Crippen LogP) is 5.05. The first-order chi connectivity index (χ1) is 14.4. The number of carbonyl (C=O) groups excluding carboxylic acids is 1. The average molecular weight is 403 g/mol. The van der Waals surface area contributed by atoms with E-state index in [1.54, 1.807) is 12.1 Å². The Morgan fingerprint density at radius 1 is 1.17 bits per heavy atom. The lowest BCUT2D eigenvalue weighted by Gasteiger charge is -2.53. The van der Waals surface area contributed by atoms with Crippen molar-refractivity contribution in [3.05, 3.63) is 52.6 Å². The molecule has 0 heterocycles. The van der Waals surface area contributed by atoms with E-state index in [1.807, 2.05) is 19.1 Å². The molecule has 0 aliphatic heterocycles. The van der Waals surface area contributed by atoms with Crippen LogP contribution in [0.5, 0.6) is 5.75 Å². The molecule has 5 rings (SSSR count). The summed E-state index contributed by atoms with van der Waals surface area (Å²) in [4.78, 5) is 12.1. The fourth-order valence-corrected chi connectivity index (χ4v) is 7.02. The van der Waals surface area contributed by atoms with Gasteiger partial charge in [-0.1, -0.05) is 36.6 Å². The molecule has 156 valence electrons. The highest BCUT2D eigenvalue weighted by atomic mass is 16.3. The highest BCUT2D eigenvalue weighted by Crippen LogP contribution is 2.66. The number of aromatic hydroxyl groups is 1. The number of rotatable bonds is 1. The van der Waals surface area contributed by atoms with Gasteiger partial charge < -0.3 is 10.2 Å². The van der Waals surface area contributed by atoms with Gasteiger partial charge in [0.15, 0.2) is 0 Å². The number of aliphatic hydroxyl groups is 1. The van der Waals surface area contributed by atoms with Crippen LogP contribution >= 0.6 is 0 Å². The van der Waals surface area contributed by atoms with Gasteiger partial charge in [-0.2, -0.15) is 0 Å². The number of allylic oxidation sites excluding steroid dienone is 4. The average Bonchev–Trinajstić information content (AvgIpc) is 2.98. The highest BCUT2D eigenvalue weighted by Gasteiger charge is 2.62. The van der Waals surface area contributed by atoms with Crippen molar-refractivity contribution in [3.8, 4) is 17.6 Å². The third-order valence-corrected chi connectivity index (χ3v) is 8.49. The number of phenolic OH excluding ortho intramolecular Hbond substituents is 1. The molecule has 4 aliphatic carbocycles. The van der Waals surface area contributed by atoms with Gasteiger partial charge in [0.05, 0.1) is 0 Å². The molecule has 2 N–H and O–H groups in total. The molecule has 3 nitrogen and oxygen atoms in total. The third-order valence-electron chi connectivity index (χ3n) is 8.49. The van der Waals surface area contributed by atoms with Gasteiger partial charge in [0, 0.05) is 24.2 Å². The zero-order chi connectivity index (χ0) is 21.1. The Morgan fingerprint density at radius 3 is 2.67 bits per heavy atom. The monoisotopic (exact) mass is 402 g/mol. The molecule has 3 saturated carbocycles. The van der Waals surface area contributed by atoms with Gasteiger partial charge >= 0.3 is 0 Å². The minimum Gasteiger partial charge on any atom is -0.508 e. The van der Waals surface area contributed by atoms with Crippen LogP contribution in [0, 0.1) is 29.1 Å². The van der Waals surface area contributed by atoms with Crippen LogP contribution in [0.25, 0.3) is 0 Å². The molecule has 0 bridgehead atoms. The Kier molecular flexibility index (Phi) is 4.49. The molecule has 1 aromatic carbocycles. The standard InChI is InChI=1S/C27H30O3/c1-3-13-27(30)14-12-24-22-10-6-18-15-20(29)9-11-21(18)25(22)23(16-26(24,27)2)17-4-7-19(28)8-5-17/h4-8,22-24,28,30H,9-12,14-16H2,1-2H3/t22-,23+,24-,26-,27-/m0/s1. The van der Waals surface area contributed by atoms with E-state index in [4.69, 9.17) is 0 Å². The van der Waals surface area contributed by atoms with Gasteiger partial charge in [-0.05, 0) is 79.7 Å². The van der Waals surface area contributed by atoms with E-state index in [-0.39, 0.29) is 17.1 Å². The van der Waals surface area contributed by atoms with Gasteiger partial charge in [0.25, 0.3) is 0 Å². The van der Waals surface area contributed by atoms with Gasteiger partial charge in [-0.25, -0.2) is 0 Å². The summed E-state index contributed by atoms with van der Waals surface area (Å²) >= 11 is 0. The zero-order valence-electron chi connectivity index (χ0n) is 17.9. The Morgan fingerprint density at radius 2 is 1.93 bits per heavy atom. The first kappa shape index (κ1) is 19.6. The van der Waals surface area contributed by atoms with E-state index in [1.165, 1.54) is 22.3 Å². The molecule has 30 heavy (non-hydrogen) atoms. The van der Waals surface area contributed by atoms with Crippen molar-refractivity contribution >= 4 is 5.78 Å². The fourth-order valence-electron chi connectivity index (χ4n) is 7.02. The van der Waals surface area contributed by atoms with Crippen LogP contribution in [0.3, 0.4) is 0 Å². The van der Waals surface area contributed by atoms with E-state index in [9.17, 15) is 15.0 Å². The summed E-state index contributed by atoms with van der Waals surface area (Å²) in [6.07, 6.45) is 7.88. The number of benzene rings is 1. The van der Waals surface area contributed by atoms with Crippen molar-refractivity contribution < 1.29 is 15.0 Å². The highest BCUT2D eigenvalue weighted by molar-refractivity contribution is 5.84. The summed E-state index contributed by atoms with van der Waals surface area (Å²) in [5.74, 6) is 7.78. The first-order valence-electron chi connectivity index (χ1n) is 11.3. The topological polar surface area (TPSA) is 57.5 Å². The van der Waals surface area contributed by atoms with Crippen molar-refractivity contribution in [3.63, 3.8) is 0 Å². The number of hydrogen-bond donors (Lipinski definition) is 2. The number of carbonyl (C=O) groups is 1. The third kappa shape index (κ3) is 2.73. The molecule has 3 fully saturated rings. The molecule has 0 amide bonds. The molecule has 0 radical (unpaired) electrons. The summed E-state index contributed by atoms with van der Waals surface area (Å²) < 4.78 is 0. The van der Waals surface area contributed by atoms with Gasteiger partial charge in [-0.15, -0.1) is 5.92 Å². The number of Topliss-reactive ketones (excluding diaryl/α,β-unsaturated/α-hetero) is 1. The Hall–Kier alpha value is -2.31. The fraction of sp³-hybridized carbons (Fsp3) is 0.519. The van der Waals surface area contributed by atoms with Crippen LogP contribution in [0.2, 0.25) is 0 Å². The van der Waals surface area contributed by atoms with E-state index in [0.29, 0.717) is 30.5 Å². The van der Waals surface area contributed by atoms with Crippen LogP contribution in [0.1, 0.15) is 70.3 Å². The molecule has 4 aliphatic rings. The van der Waals surface area contributed by atoms with Crippen LogP contribution in [-0.4, -0.2) is 21.6 Å². The van der Waals surface area contributed by atoms with Crippen molar-refractivity contribution in [2.75, 3.05) is 0 Å². The molecule has 1 aromatic rings. The maximum atomic E-state index is 12.1. The molecular weight excluding hydrogens is 372 g/mol. The van der Waals surface area contributed by atoms with Crippen LogP contribution in [0.15, 0.2) is 47.1 Å². The second-order valence-corrected chi connectivity index (χ2v) is 9.87. The van der Waals surface area contributed by atoms with Crippen LogP contribution in [0.4, 0.5) is 0 Å². The van der Waals surface area contributed by atoms with Gasteiger partial charge in [0.1, 0.15) is 17.1 Å². The first-order valence-corrected chi connectivity index (χ1v) is 11.3. The van der Waals surface area contributed by atoms with Gasteiger partial charge in [0.2, 0.25) is 0 Å². The van der Waals surface area contributed by atoms with Crippen molar-refractivity contribution in [2.45, 2.75) is 70.3 Å². The lowest BCUT2D eigenvalue weighted by atomic mass is 9.51. The van der Waals surface area contributed by atoms with E-state index in [2.05, 4.69) is 24.8 Å². The second-order valence-electron chi connectivity index (χ2n) is 9.87. The Bertz CT molecular complexity index is 1020. The number of ketones is 1. The number of fused-ring (bicyclic) bond motifs is 4. The van der Waals surface area contributed by atoms with Gasteiger partial charge in [-0.3, -0.25) is 4.79 Å². The maximum absolute atomic E-state index is 12.1. The van der Waals surface area contributed by atoms with Crippen LogP contribution in [-0.2, 0) is 4.79 Å². The largest absolute Gasteiger partial charge is 0.508 e. The summed E-state index contributed by atoms with van der Waals surface area (Å²) in [6, 6.07) is 7.58. The van der Waals surface area contributed by atoms with E-state index < -0.39 is 5.60 Å². The minimum atomic E-state index is -0.954. The Balaban J connectivity index is 1.67.